The van der Waals surface area contributed by atoms with Crippen LogP contribution in [0.1, 0.15) is 24.4 Å². The van der Waals surface area contributed by atoms with E-state index in [2.05, 4.69) is 15.0 Å². The summed E-state index contributed by atoms with van der Waals surface area (Å²) in [5.74, 6) is 1.14. The molecule has 0 aliphatic carbocycles. The van der Waals surface area contributed by atoms with E-state index < -0.39 is 6.10 Å². The van der Waals surface area contributed by atoms with Gasteiger partial charge in [-0.05, 0) is 13.0 Å². The Morgan fingerprint density at radius 2 is 2.38 bits per heavy atom. The molecule has 84 valence electrons. The number of aliphatic hydroxyl groups excluding tert-OH is 1. The average molecular weight is 219 g/mol. The van der Waals surface area contributed by atoms with Gasteiger partial charge in [0.25, 0.3) is 0 Å². The summed E-state index contributed by atoms with van der Waals surface area (Å²) in [5.41, 5.74) is 0.654. The van der Waals surface area contributed by atoms with Crippen LogP contribution in [0.25, 0.3) is 0 Å². The van der Waals surface area contributed by atoms with E-state index >= 15 is 0 Å². The zero-order valence-electron chi connectivity index (χ0n) is 8.92. The summed E-state index contributed by atoms with van der Waals surface area (Å²) in [6.45, 7) is 2.47. The highest BCUT2D eigenvalue weighted by molar-refractivity contribution is 5.28. The number of rotatable bonds is 4. The zero-order chi connectivity index (χ0) is 11.4. The SMILES string of the molecule is CCOc1cncc(C(O)c2ncc[nH]2)c1. The fourth-order valence-electron chi connectivity index (χ4n) is 1.42. The third-order valence-corrected chi connectivity index (χ3v) is 2.14. The van der Waals surface area contributed by atoms with E-state index in [9.17, 15) is 5.11 Å². The first-order chi connectivity index (χ1) is 7.81. The van der Waals surface area contributed by atoms with Crippen LogP contribution in [0.5, 0.6) is 5.75 Å². The van der Waals surface area contributed by atoms with E-state index in [0.717, 1.165) is 0 Å². The number of nitrogens with zero attached hydrogens (tertiary/aromatic N) is 2. The molecule has 0 fully saturated rings. The van der Waals surface area contributed by atoms with Crippen molar-refractivity contribution < 1.29 is 9.84 Å². The van der Waals surface area contributed by atoms with E-state index in [-0.39, 0.29) is 0 Å². The van der Waals surface area contributed by atoms with Crippen LogP contribution in [-0.4, -0.2) is 26.7 Å². The van der Waals surface area contributed by atoms with E-state index in [1.807, 2.05) is 6.92 Å². The second-order valence-corrected chi connectivity index (χ2v) is 3.26. The lowest BCUT2D eigenvalue weighted by molar-refractivity contribution is 0.209. The Labute approximate surface area is 93.1 Å². The molecule has 0 radical (unpaired) electrons. The molecule has 0 amide bonds. The predicted octanol–water partition coefficient (Wildman–Crippen LogP) is 1.29. The lowest BCUT2D eigenvalue weighted by Crippen LogP contribution is -2.03. The molecule has 2 heterocycles. The van der Waals surface area contributed by atoms with E-state index in [0.29, 0.717) is 23.7 Å². The van der Waals surface area contributed by atoms with Crippen LogP contribution in [0.3, 0.4) is 0 Å². The number of aromatic nitrogens is 3. The van der Waals surface area contributed by atoms with Crippen molar-refractivity contribution in [3.63, 3.8) is 0 Å². The highest BCUT2D eigenvalue weighted by atomic mass is 16.5. The molecule has 0 aliphatic rings. The van der Waals surface area contributed by atoms with E-state index in [4.69, 9.17) is 4.74 Å². The Bertz CT molecular complexity index is 442. The second-order valence-electron chi connectivity index (χ2n) is 3.26. The van der Waals surface area contributed by atoms with Gasteiger partial charge in [-0.2, -0.15) is 0 Å². The number of aliphatic hydroxyl groups is 1. The molecule has 1 unspecified atom stereocenters. The summed E-state index contributed by atoms with van der Waals surface area (Å²) >= 11 is 0. The predicted molar refractivity (Wildman–Crippen MR) is 58.1 cm³/mol. The van der Waals surface area contributed by atoms with Gasteiger partial charge in [-0.25, -0.2) is 4.98 Å². The van der Waals surface area contributed by atoms with Gasteiger partial charge in [0, 0.05) is 24.2 Å². The summed E-state index contributed by atoms with van der Waals surface area (Å²) < 4.78 is 5.31. The first-order valence-corrected chi connectivity index (χ1v) is 5.06. The Morgan fingerprint density at radius 1 is 1.50 bits per heavy atom. The number of imidazole rings is 1. The first kappa shape index (κ1) is 10.6. The first-order valence-electron chi connectivity index (χ1n) is 5.06. The highest BCUT2D eigenvalue weighted by Gasteiger charge is 2.13. The number of hydrogen-bond acceptors (Lipinski definition) is 4. The van der Waals surface area contributed by atoms with Gasteiger partial charge in [0.05, 0.1) is 12.8 Å². The van der Waals surface area contributed by atoms with Crippen LogP contribution >= 0.6 is 0 Å². The van der Waals surface area contributed by atoms with Crippen LogP contribution in [0.4, 0.5) is 0 Å². The van der Waals surface area contributed by atoms with Gasteiger partial charge in [0.2, 0.25) is 0 Å². The van der Waals surface area contributed by atoms with Crippen molar-refractivity contribution in [3.05, 3.63) is 42.2 Å². The molecule has 5 nitrogen and oxygen atoms in total. The molecule has 2 N–H and O–H groups in total. The largest absolute Gasteiger partial charge is 0.492 e. The topological polar surface area (TPSA) is 71.0 Å². The van der Waals surface area contributed by atoms with Gasteiger partial charge in [-0.3, -0.25) is 4.98 Å². The monoisotopic (exact) mass is 219 g/mol. The zero-order valence-corrected chi connectivity index (χ0v) is 8.92. The lowest BCUT2D eigenvalue weighted by atomic mass is 10.1. The Hall–Kier alpha value is -1.88. The molecule has 0 aromatic carbocycles. The van der Waals surface area contributed by atoms with Crippen molar-refractivity contribution in [2.75, 3.05) is 6.61 Å². The molecule has 0 saturated carbocycles. The molecule has 2 aromatic rings. The minimum Gasteiger partial charge on any atom is -0.492 e. The Balaban J connectivity index is 2.23. The van der Waals surface area contributed by atoms with Gasteiger partial charge < -0.3 is 14.8 Å². The summed E-state index contributed by atoms with van der Waals surface area (Å²) in [6.07, 6.45) is 5.66. The van der Waals surface area contributed by atoms with Gasteiger partial charge in [-0.15, -0.1) is 0 Å². The summed E-state index contributed by atoms with van der Waals surface area (Å²) in [5, 5.41) is 9.98. The maximum Gasteiger partial charge on any atom is 0.139 e. The number of nitrogens with one attached hydrogen (secondary N) is 1. The van der Waals surface area contributed by atoms with Gasteiger partial charge in [-0.1, -0.05) is 0 Å². The summed E-state index contributed by atoms with van der Waals surface area (Å²) in [4.78, 5) is 10.9. The van der Waals surface area contributed by atoms with Crippen LogP contribution in [0.2, 0.25) is 0 Å². The quantitative estimate of drug-likeness (QED) is 0.812. The van der Waals surface area contributed by atoms with E-state index in [1.54, 1.807) is 30.9 Å². The molecule has 2 aromatic heterocycles. The number of pyridine rings is 1. The molecule has 0 aliphatic heterocycles. The molecule has 5 heteroatoms. The highest BCUT2D eigenvalue weighted by Crippen LogP contribution is 2.21. The fraction of sp³-hybridized carbons (Fsp3) is 0.273. The number of H-pyrrole nitrogens is 1. The Kier molecular flexibility index (Phi) is 3.16. The molecular formula is C11H13N3O2. The molecule has 2 rings (SSSR count). The van der Waals surface area contributed by atoms with Crippen LogP contribution in [0.15, 0.2) is 30.9 Å². The number of hydrogen-bond donors (Lipinski definition) is 2. The number of aromatic amines is 1. The molecule has 0 spiro atoms. The molecule has 1 atom stereocenters. The summed E-state index contributed by atoms with van der Waals surface area (Å²) in [7, 11) is 0. The lowest BCUT2D eigenvalue weighted by Gasteiger charge is -2.09. The van der Waals surface area contributed by atoms with Gasteiger partial charge in [0.1, 0.15) is 17.7 Å². The fourth-order valence-corrected chi connectivity index (χ4v) is 1.42. The summed E-state index contributed by atoms with van der Waals surface area (Å²) in [6, 6.07) is 1.75. The normalized spacial score (nSPS) is 12.4. The standard InChI is InChI=1S/C11H13N3O2/c1-2-16-9-5-8(6-12-7-9)10(15)11-13-3-4-14-11/h3-7,10,15H,2H2,1H3,(H,13,14). The van der Waals surface area contributed by atoms with Crippen molar-refractivity contribution in [1.82, 2.24) is 15.0 Å². The van der Waals surface area contributed by atoms with Crippen molar-refractivity contribution in [2.24, 2.45) is 0 Å². The smallest absolute Gasteiger partial charge is 0.139 e. The maximum atomic E-state index is 9.98. The molecular weight excluding hydrogens is 206 g/mol. The van der Waals surface area contributed by atoms with Crippen molar-refractivity contribution in [3.8, 4) is 5.75 Å². The Morgan fingerprint density at radius 3 is 3.06 bits per heavy atom. The van der Waals surface area contributed by atoms with Crippen LogP contribution < -0.4 is 4.74 Å². The van der Waals surface area contributed by atoms with Crippen molar-refractivity contribution >= 4 is 0 Å². The minimum atomic E-state index is -0.803. The van der Waals surface area contributed by atoms with Crippen molar-refractivity contribution in [1.29, 1.82) is 0 Å². The van der Waals surface area contributed by atoms with Gasteiger partial charge in [0.15, 0.2) is 0 Å². The third kappa shape index (κ3) is 2.20. The van der Waals surface area contributed by atoms with Gasteiger partial charge >= 0.3 is 0 Å². The second kappa shape index (κ2) is 4.76. The molecule has 0 saturated heterocycles. The van der Waals surface area contributed by atoms with Crippen LogP contribution in [0, 0.1) is 0 Å². The van der Waals surface area contributed by atoms with E-state index in [1.165, 1.54) is 0 Å². The average Bonchev–Trinajstić information content (AvgIpc) is 2.82. The molecule has 0 bridgehead atoms. The van der Waals surface area contributed by atoms with Crippen LogP contribution in [-0.2, 0) is 0 Å². The minimum absolute atomic E-state index is 0.496. The molecule has 16 heavy (non-hydrogen) atoms. The number of ether oxygens (including phenoxy) is 1. The van der Waals surface area contributed by atoms with Crippen molar-refractivity contribution in [2.45, 2.75) is 13.0 Å². The third-order valence-electron chi connectivity index (χ3n) is 2.14. The maximum absolute atomic E-state index is 9.98.